The molecule has 0 fully saturated rings. The molecule has 4 aromatic carbocycles. The quantitative estimate of drug-likeness (QED) is 0.166. The summed E-state index contributed by atoms with van der Waals surface area (Å²) in [5, 5.41) is 4.67. The lowest BCUT2D eigenvalue weighted by atomic mass is 10.2. The number of anilines is 1. The molecular weight excluding hydrogens is 578 g/mol. The van der Waals surface area contributed by atoms with Crippen LogP contribution in [0.15, 0.2) is 101 Å². The SMILES string of the molecule is COc1ccc(OC)c(N(CC(=O)N/N=C\c2ccc(OCc3ccc(Cl)cc3)cc2)S(=O)(=O)c2ccc(C)cc2)c1. The Kier molecular flexibility index (Phi) is 10.1. The summed E-state index contributed by atoms with van der Waals surface area (Å²) in [4.78, 5) is 13.0. The van der Waals surface area contributed by atoms with Gasteiger partial charge in [0.05, 0.1) is 31.0 Å². The Bertz CT molecular complexity index is 1640. The van der Waals surface area contributed by atoms with Crippen molar-refractivity contribution in [1.29, 1.82) is 0 Å². The van der Waals surface area contributed by atoms with Crippen LogP contribution in [0.2, 0.25) is 5.02 Å². The van der Waals surface area contributed by atoms with Crippen LogP contribution in [0.1, 0.15) is 16.7 Å². The standard InChI is InChI=1S/C31H30ClN3O6S/c1-22-4-15-28(16-5-22)42(37,38)35(29-18-27(39-2)14-17-30(29)40-3)20-31(36)34-33-19-23-8-12-26(13-9-23)41-21-24-6-10-25(32)11-7-24/h4-19H,20-21H2,1-3H3,(H,34,36)/b33-19-. The number of nitrogens with one attached hydrogen (secondary N) is 1. The molecule has 0 heterocycles. The minimum atomic E-state index is -4.17. The molecule has 0 aliphatic rings. The molecule has 0 aliphatic carbocycles. The summed E-state index contributed by atoms with van der Waals surface area (Å²) in [5.74, 6) is 0.653. The number of rotatable bonds is 12. The molecule has 4 aromatic rings. The highest BCUT2D eigenvalue weighted by Gasteiger charge is 2.30. The Morgan fingerprint density at radius 1 is 0.905 bits per heavy atom. The first-order chi connectivity index (χ1) is 20.2. The van der Waals surface area contributed by atoms with Gasteiger partial charge in [0.1, 0.15) is 30.4 Å². The van der Waals surface area contributed by atoms with Gasteiger partial charge in [-0.3, -0.25) is 9.10 Å². The number of amides is 1. The van der Waals surface area contributed by atoms with Gasteiger partial charge in [0.15, 0.2) is 0 Å². The summed E-state index contributed by atoms with van der Waals surface area (Å²) in [6.07, 6.45) is 1.45. The van der Waals surface area contributed by atoms with Crippen molar-refractivity contribution in [1.82, 2.24) is 5.43 Å². The topological polar surface area (TPSA) is 107 Å². The molecule has 0 spiro atoms. The molecule has 0 unspecified atom stereocenters. The maximum absolute atomic E-state index is 13.7. The predicted octanol–water partition coefficient (Wildman–Crippen LogP) is 5.59. The number of methoxy groups -OCH3 is 2. The maximum atomic E-state index is 13.7. The summed E-state index contributed by atoms with van der Waals surface area (Å²) >= 11 is 5.92. The van der Waals surface area contributed by atoms with Crippen LogP contribution in [0.5, 0.6) is 17.2 Å². The van der Waals surface area contributed by atoms with Gasteiger partial charge >= 0.3 is 0 Å². The number of benzene rings is 4. The lowest BCUT2D eigenvalue weighted by Crippen LogP contribution is -2.39. The number of carbonyl (C=O) groups is 1. The Balaban J connectivity index is 1.47. The maximum Gasteiger partial charge on any atom is 0.264 e. The predicted molar refractivity (Wildman–Crippen MR) is 163 cm³/mol. The van der Waals surface area contributed by atoms with Gasteiger partial charge < -0.3 is 14.2 Å². The van der Waals surface area contributed by atoms with E-state index in [9.17, 15) is 13.2 Å². The minimum absolute atomic E-state index is 0.0210. The van der Waals surface area contributed by atoms with Crippen LogP contribution in [0, 0.1) is 6.92 Å². The van der Waals surface area contributed by atoms with Crippen molar-refractivity contribution in [2.75, 3.05) is 25.1 Å². The summed E-state index contributed by atoms with van der Waals surface area (Å²) < 4.78 is 44.9. The number of carbonyl (C=O) groups excluding carboxylic acids is 1. The zero-order valence-corrected chi connectivity index (χ0v) is 24.9. The molecule has 0 bridgehead atoms. The molecule has 1 N–H and O–H groups in total. The second-order valence-electron chi connectivity index (χ2n) is 9.14. The van der Waals surface area contributed by atoms with Gasteiger partial charge in [-0.25, -0.2) is 13.8 Å². The number of hydrazone groups is 1. The van der Waals surface area contributed by atoms with E-state index in [0.717, 1.165) is 15.4 Å². The molecule has 0 aromatic heterocycles. The zero-order chi connectivity index (χ0) is 30.1. The van der Waals surface area contributed by atoms with Crippen molar-refractivity contribution in [2.24, 2.45) is 5.10 Å². The lowest BCUT2D eigenvalue weighted by molar-refractivity contribution is -0.119. The zero-order valence-electron chi connectivity index (χ0n) is 23.3. The van der Waals surface area contributed by atoms with E-state index >= 15 is 0 Å². The van der Waals surface area contributed by atoms with Crippen LogP contribution in [0.3, 0.4) is 0 Å². The fourth-order valence-corrected chi connectivity index (χ4v) is 5.42. The molecular formula is C31H30ClN3O6S. The number of hydrogen-bond acceptors (Lipinski definition) is 7. The first kappa shape index (κ1) is 30.4. The van der Waals surface area contributed by atoms with E-state index < -0.39 is 22.5 Å². The highest BCUT2D eigenvalue weighted by Crippen LogP contribution is 2.35. The Labute approximate surface area is 250 Å². The third kappa shape index (κ3) is 7.80. The van der Waals surface area contributed by atoms with Gasteiger partial charge in [-0.15, -0.1) is 0 Å². The van der Waals surface area contributed by atoms with E-state index in [0.29, 0.717) is 28.7 Å². The smallest absolute Gasteiger partial charge is 0.264 e. The van der Waals surface area contributed by atoms with Crippen LogP contribution >= 0.6 is 11.6 Å². The van der Waals surface area contributed by atoms with Crippen molar-refractivity contribution in [3.8, 4) is 17.2 Å². The van der Waals surface area contributed by atoms with E-state index in [-0.39, 0.29) is 16.3 Å². The van der Waals surface area contributed by atoms with Crippen molar-refractivity contribution in [2.45, 2.75) is 18.4 Å². The number of aryl methyl sites for hydroxylation is 1. The molecule has 1 amide bonds. The Morgan fingerprint density at radius 2 is 1.57 bits per heavy atom. The first-order valence-corrected chi connectivity index (χ1v) is 14.6. The molecule has 0 saturated heterocycles. The first-order valence-electron chi connectivity index (χ1n) is 12.8. The third-order valence-electron chi connectivity index (χ3n) is 6.15. The average molecular weight is 608 g/mol. The summed E-state index contributed by atoms with van der Waals surface area (Å²) in [6, 6.07) is 25.6. The summed E-state index contributed by atoms with van der Waals surface area (Å²) in [5.41, 5.74) is 5.13. The second-order valence-corrected chi connectivity index (χ2v) is 11.4. The molecule has 11 heteroatoms. The molecule has 218 valence electrons. The van der Waals surface area contributed by atoms with Crippen molar-refractivity contribution < 1.29 is 27.4 Å². The number of nitrogens with zero attached hydrogens (tertiary/aromatic N) is 2. The highest BCUT2D eigenvalue weighted by molar-refractivity contribution is 7.92. The van der Waals surface area contributed by atoms with Gasteiger partial charge in [-0.05, 0) is 78.7 Å². The molecule has 9 nitrogen and oxygen atoms in total. The van der Waals surface area contributed by atoms with Crippen LogP contribution in [0.4, 0.5) is 5.69 Å². The average Bonchev–Trinajstić information content (AvgIpc) is 3.00. The van der Waals surface area contributed by atoms with E-state index in [1.54, 1.807) is 60.7 Å². The molecule has 0 atom stereocenters. The normalized spacial score (nSPS) is 11.2. The largest absolute Gasteiger partial charge is 0.497 e. The van der Waals surface area contributed by atoms with Gasteiger partial charge in [-0.1, -0.05) is 41.4 Å². The van der Waals surface area contributed by atoms with Crippen molar-refractivity contribution >= 4 is 39.4 Å². The number of ether oxygens (including phenoxy) is 3. The second kappa shape index (κ2) is 13.9. The van der Waals surface area contributed by atoms with Crippen molar-refractivity contribution in [3.05, 3.63) is 113 Å². The van der Waals surface area contributed by atoms with E-state index in [4.69, 9.17) is 25.8 Å². The highest BCUT2D eigenvalue weighted by atomic mass is 35.5. The molecule has 42 heavy (non-hydrogen) atoms. The number of hydrogen-bond donors (Lipinski definition) is 1. The fraction of sp³-hybridized carbons (Fsp3) is 0.161. The van der Waals surface area contributed by atoms with E-state index in [1.165, 1.54) is 38.6 Å². The van der Waals surface area contributed by atoms with E-state index in [2.05, 4.69) is 10.5 Å². The van der Waals surface area contributed by atoms with E-state index in [1.807, 2.05) is 19.1 Å². The third-order valence-corrected chi connectivity index (χ3v) is 8.18. The van der Waals surface area contributed by atoms with Gasteiger partial charge in [0, 0.05) is 11.1 Å². The lowest BCUT2D eigenvalue weighted by Gasteiger charge is -2.25. The summed E-state index contributed by atoms with van der Waals surface area (Å²) in [6.45, 7) is 1.68. The molecule has 0 aliphatic heterocycles. The van der Waals surface area contributed by atoms with Gasteiger partial charge in [-0.2, -0.15) is 5.10 Å². The Hall–Kier alpha value is -4.54. The number of halogens is 1. The van der Waals surface area contributed by atoms with Gasteiger partial charge in [0.25, 0.3) is 15.9 Å². The van der Waals surface area contributed by atoms with Crippen LogP contribution in [0.25, 0.3) is 0 Å². The summed E-state index contributed by atoms with van der Waals surface area (Å²) in [7, 11) is -1.29. The Morgan fingerprint density at radius 3 is 2.21 bits per heavy atom. The van der Waals surface area contributed by atoms with Gasteiger partial charge in [0.2, 0.25) is 0 Å². The molecule has 4 rings (SSSR count). The monoisotopic (exact) mass is 607 g/mol. The minimum Gasteiger partial charge on any atom is -0.497 e. The molecule has 0 saturated carbocycles. The van der Waals surface area contributed by atoms with Crippen LogP contribution in [-0.2, 0) is 21.4 Å². The van der Waals surface area contributed by atoms with Crippen molar-refractivity contribution in [3.63, 3.8) is 0 Å². The van der Waals surface area contributed by atoms with Crippen LogP contribution in [-0.4, -0.2) is 41.3 Å². The fourth-order valence-electron chi connectivity index (χ4n) is 3.87. The number of sulfonamides is 1. The van der Waals surface area contributed by atoms with Crippen LogP contribution < -0.4 is 23.9 Å². The molecule has 0 radical (unpaired) electrons.